The van der Waals surface area contributed by atoms with Crippen molar-refractivity contribution < 1.29 is 39.8 Å². The minimum absolute atomic E-state index is 0.185. The maximum absolute atomic E-state index is 13.1. The molecule has 9 heteroatoms. The zero-order chi connectivity index (χ0) is 55.0. The number of aliphatic hydroxyl groups excluding tert-OH is 5. The van der Waals surface area contributed by atoms with Gasteiger partial charge in [-0.25, -0.2) is 0 Å². The number of allylic oxidation sites excluding steroid dienone is 5. The first-order chi connectivity index (χ1) is 37.3. The number of rotatable bonds is 58. The molecule has 1 rings (SSSR count). The number of carbonyl (C=O) groups is 1. The van der Waals surface area contributed by atoms with E-state index in [9.17, 15) is 30.3 Å². The van der Waals surface area contributed by atoms with Gasteiger partial charge in [0.2, 0.25) is 5.91 Å². The topological polar surface area (TPSA) is 149 Å². The van der Waals surface area contributed by atoms with Crippen molar-refractivity contribution in [2.24, 2.45) is 0 Å². The molecule has 0 aromatic heterocycles. The van der Waals surface area contributed by atoms with E-state index in [2.05, 4.69) is 43.5 Å². The highest BCUT2D eigenvalue weighted by Crippen LogP contribution is 2.23. The lowest BCUT2D eigenvalue weighted by atomic mass is 9.99. The molecular formula is C67H127NO8. The molecule has 1 fully saturated rings. The third kappa shape index (κ3) is 45.2. The average Bonchev–Trinajstić information content (AvgIpc) is 3.42. The predicted molar refractivity (Wildman–Crippen MR) is 323 cm³/mol. The lowest BCUT2D eigenvalue weighted by Gasteiger charge is -2.40. The average molecular weight is 1070 g/mol. The van der Waals surface area contributed by atoms with Crippen molar-refractivity contribution in [1.29, 1.82) is 0 Å². The third-order valence-electron chi connectivity index (χ3n) is 15.9. The van der Waals surface area contributed by atoms with E-state index in [0.717, 1.165) is 44.9 Å². The lowest BCUT2D eigenvalue weighted by molar-refractivity contribution is -0.302. The normalized spacial score (nSPS) is 19.0. The summed E-state index contributed by atoms with van der Waals surface area (Å²) in [5.41, 5.74) is 0. The summed E-state index contributed by atoms with van der Waals surface area (Å²) in [5, 5.41) is 54.6. The Labute approximate surface area is 470 Å². The number of unbranched alkanes of at least 4 members (excludes halogenated alkanes) is 44. The van der Waals surface area contributed by atoms with Gasteiger partial charge in [0.1, 0.15) is 24.4 Å². The van der Waals surface area contributed by atoms with Gasteiger partial charge in [-0.05, 0) is 44.9 Å². The van der Waals surface area contributed by atoms with E-state index in [1.54, 1.807) is 6.08 Å². The standard InChI is InChI=1S/C67H127NO8/c1-3-5-7-9-11-13-15-17-19-21-23-25-26-27-28-29-30-31-32-33-34-35-37-38-40-42-44-46-48-50-52-54-56-61(70)60(59-75-67-66(74)65(73)64(72)62(58-69)76-67)68-63(71)57-55-53-51-49-47-45-43-41-39-36-24-22-20-18-16-14-12-10-8-6-4-2/h38,40,46,48,54,56,60-62,64-67,69-70,72-74H,3-37,39,41-45,47,49-53,55,57-59H2,1-2H3,(H,68,71)/b40-38+,48-46+,56-54+. The Balaban J connectivity index is 2.17. The van der Waals surface area contributed by atoms with Crippen LogP contribution in [0.4, 0.5) is 0 Å². The van der Waals surface area contributed by atoms with Crippen LogP contribution in [0.3, 0.4) is 0 Å². The van der Waals surface area contributed by atoms with Crippen LogP contribution in [-0.2, 0) is 14.3 Å². The SMILES string of the molecule is CCCCCCCCCCCCCCCCCCCCCCCC/C=C/CC/C=C/CC/C=C/C(O)C(COC1OC(CO)C(O)C(O)C1O)NC(=O)CCCCCCCCCCCCCCCCCCCCCCC. The summed E-state index contributed by atoms with van der Waals surface area (Å²) in [7, 11) is 0. The molecule has 6 N–H and O–H groups in total. The molecule has 1 aliphatic heterocycles. The molecule has 76 heavy (non-hydrogen) atoms. The summed E-state index contributed by atoms with van der Waals surface area (Å²) in [4.78, 5) is 13.1. The van der Waals surface area contributed by atoms with Crippen LogP contribution in [-0.4, -0.2) is 87.5 Å². The molecule has 1 aliphatic rings. The highest BCUT2D eigenvalue weighted by atomic mass is 16.7. The van der Waals surface area contributed by atoms with Gasteiger partial charge in [0.05, 0.1) is 25.4 Å². The van der Waals surface area contributed by atoms with Gasteiger partial charge in [-0.1, -0.05) is 314 Å². The zero-order valence-corrected chi connectivity index (χ0v) is 50.0. The zero-order valence-electron chi connectivity index (χ0n) is 50.0. The second-order valence-corrected chi connectivity index (χ2v) is 23.3. The fraction of sp³-hybridized carbons (Fsp3) is 0.896. The highest BCUT2D eigenvalue weighted by Gasteiger charge is 2.44. The molecule has 0 spiro atoms. The summed E-state index contributed by atoms with van der Waals surface area (Å²) in [5.74, 6) is -0.185. The first-order valence-corrected chi connectivity index (χ1v) is 33.2. The molecule has 0 aromatic rings. The molecule has 448 valence electrons. The van der Waals surface area contributed by atoms with Gasteiger partial charge >= 0.3 is 0 Å². The van der Waals surface area contributed by atoms with Crippen LogP contribution in [0.15, 0.2) is 36.5 Å². The summed E-state index contributed by atoms with van der Waals surface area (Å²) in [6, 6.07) is -0.827. The van der Waals surface area contributed by atoms with Crippen molar-refractivity contribution in [2.45, 2.75) is 371 Å². The van der Waals surface area contributed by atoms with E-state index >= 15 is 0 Å². The molecule has 0 saturated carbocycles. The van der Waals surface area contributed by atoms with Gasteiger partial charge in [0.15, 0.2) is 6.29 Å². The molecule has 1 saturated heterocycles. The van der Waals surface area contributed by atoms with Gasteiger partial charge in [0, 0.05) is 6.42 Å². The highest BCUT2D eigenvalue weighted by molar-refractivity contribution is 5.76. The summed E-state index contributed by atoms with van der Waals surface area (Å²) < 4.78 is 11.3. The summed E-state index contributed by atoms with van der Waals surface area (Å²) >= 11 is 0. The van der Waals surface area contributed by atoms with Gasteiger partial charge in [-0.2, -0.15) is 0 Å². The number of nitrogens with one attached hydrogen (secondary N) is 1. The Kier molecular flexibility index (Phi) is 54.0. The molecule has 0 aliphatic carbocycles. The first kappa shape index (κ1) is 72.4. The van der Waals surface area contributed by atoms with E-state index in [1.807, 2.05) is 6.08 Å². The fourth-order valence-corrected chi connectivity index (χ4v) is 10.7. The van der Waals surface area contributed by atoms with Crippen LogP contribution >= 0.6 is 0 Å². The summed E-state index contributed by atoms with van der Waals surface area (Å²) in [6.45, 7) is 3.81. The smallest absolute Gasteiger partial charge is 0.220 e. The van der Waals surface area contributed by atoms with E-state index in [4.69, 9.17) is 9.47 Å². The number of aliphatic hydroxyl groups is 5. The fourth-order valence-electron chi connectivity index (χ4n) is 10.7. The third-order valence-corrected chi connectivity index (χ3v) is 15.9. The van der Waals surface area contributed by atoms with Crippen molar-refractivity contribution in [1.82, 2.24) is 5.32 Å². The van der Waals surface area contributed by atoms with Crippen LogP contribution in [0.2, 0.25) is 0 Å². The molecule has 7 atom stereocenters. The van der Waals surface area contributed by atoms with Crippen LogP contribution in [0.1, 0.15) is 328 Å². The molecule has 0 bridgehead atoms. The van der Waals surface area contributed by atoms with E-state index < -0.39 is 49.5 Å². The lowest BCUT2D eigenvalue weighted by Crippen LogP contribution is -2.60. The Bertz CT molecular complexity index is 1290. The monoisotopic (exact) mass is 1070 g/mol. The molecular weight excluding hydrogens is 947 g/mol. The Morgan fingerprint density at radius 1 is 0.434 bits per heavy atom. The minimum atomic E-state index is -1.57. The maximum Gasteiger partial charge on any atom is 0.220 e. The van der Waals surface area contributed by atoms with Gasteiger partial charge in [-0.15, -0.1) is 0 Å². The molecule has 0 aromatic carbocycles. The molecule has 1 heterocycles. The molecule has 1 amide bonds. The largest absolute Gasteiger partial charge is 0.394 e. The quantitative estimate of drug-likeness (QED) is 0.0261. The molecule has 7 unspecified atom stereocenters. The molecule has 9 nitrogen and oxygen atoms in total. The van der Waals surface area contributed by atoms with Crippen molar-refractivity contribution in [3.8, 4) is 0 Å². The number of ether oxygens (including phenoxy) is 2. The van der Waals surface area contributed by atoms with Crippen molar-refractivity contribution >= 4 is 5.91 Å². The minimum Gasteiger partial charge on any atom is -0.394 e. The second-order valence-electron chi connectivity index (χ2n) is 23.3. The number of amides is 1. The van der Waals surface area contributed by atoms with Crippen molar-refractivity contribution in [3.63, 3.8) is 0 Å². The Morgan fingerprint density at radius 3 is 1.11 bits per heavy atom. The van der Waals surface area contributed by atoms with E-state index in [1.165, 1.54) is 263 Å². The predicted octanol–water partition coefficient (Wildman–Crippen LogP) is 17.5. The van der Waals surface area contributed by atoms with Crippen molar-refractivity contribution in [2.75, 3.05) is 13.2 Å². The van der Waals surface area contributed by atoms with E-state index in [0.29, 0.717) is 6.42 Å². The van der Waals surface area contributed by atoms with Crippen LogP contribution < -0.4 is 5.32 Å². The van der Waals surface area contributed by atoms with E-state index in [-0.39, 0.29) is 12.5 Å². The van der Waals surface area contributed by atoms with Crippen LogP contribution in [0.25, 0.3) is 0 Å². The Morgan fingerprint density at radius 2 is 0.750 bits per heavy atom. The Hall–Kier alpha value is -1.59. The van der Waals surface area contributed by atoms with Gasteiger partial charge in [-0.3, -0.25) is 4.79 Å². The van der Waals surface area contributed by atoms with Crippen LogP contribution in [0.5, 0.6) is 0 Å². The first-order valence-electron chi connectivity index (χ1n) is 33.2. The number of hydrogen-bond donors (Lipinski definition) is 6. The van der Waals surface area contributed by atoms with Crippen molar-refractivity contribution in [3.05, 3.63) is 36.5 Å². The second kappa shape index (κ2) is 56.7. The number of carbonyl (C=O) groups excluding carboxylic acids is 1. The van der Waals surface area contributed by atoms with Crippen LogP contribution in [0, 0.1) is 0 Å². The molecule has 0 radical (unpaired) electrons. The van der Waals surface area contributed by atoms with Gasteiger partial charge < -0.3 is 40.3 Å². The summed E-state index contributed by atoms with van der Waals surface area (Å²) in [6.07, 6.45) is 68.2. The van der Waals surface area contributed by atoms with Gasteiger partial charge in [0.25, 0.3) is 0 Å². The maximum atomic E-state index is 13.1. The number of hydrogen-bond acceptors (Lipinski definition) is 8.